The van der Waals surface area contributed by atoms with E-state index in [2.05, 4.69) is 0 Å². The summed E-state index contributed by atoms with van der Waals surface area (Å²) in [4.78, 5) is 0. The van der Waals surface area contributed by atoms with Crippen LogP contribution in [0.15, 0.2) is 0 Å². The van der Waals surface area contributed by atoms with Crippen LogP contribution in [0.5, 0.6) is 0 Å². The lowest BCUT2D eigenvalue weighted by Gasteiger charge is -2.22. The molecule has 0 atom stereocenters. The first-order valence-electron chi connectivity index (χ1n) is 2.02. The quantitative estimate of drug-likeness (QED) is 0.450. The van der Waals surface area contributed by atoms with Crippen LogP contribution >= 0.6 is 0 Å². The Labute approximate surface area is 42.3 Å². The second kappa shape index (κ2) is 1.20. The van der Waals surface area contributed by atoms with E-state index in [1.807, 2.05) is 0 Å². The van der Waals surface area contributed by atoms with Gasteiger partial charge in [-0.2, -0.15) is 0 Å². The summed E-state index contributed by atoms with van der Waals surface area (Å²) >= 11 is 0. The van der Waals surface area contributed by atoms with Gasteiger partial charge in [-0.15, -0.1) is 0 Å². The first kappa shape index (κ1) is 5.05. The summed E-state index contributed by atoms with van der Waals surface area (Å²) in [5.41, 5.74) is 0. The van der Waals surface area contributed by atoms with Crippen LogP contribution < -0.4 is 0 Å². The maximum absolute atomic E-state index is 10.4. The Morgan fingerprint density at radius 1 is 1.71 bits per heavy atom. The molecule has 1 aliphatic rings. The van der Waals surface area contributed by atoms with Crippen LogP contribution in [0, 0.1) is 4.78 Å². The van der Waals surface area contributed by atoms with Crippen molar-refractivity contribution in [2.45, 2.75) is 6.10 Å². The van der Waals surface area contributed by atoms with Gasteiger partial charge in [0, 0.05) is 9.73 Å². The van der Waals surface area contributed by atoms with Crippen LogP contribution in [-0.2, 0) is 9.73 Å². The molecule has 42 valence electrons. The van der Waals surface area contributed by atoms with Gasteiger partial charge in [0.25, 0.3) is 0 Å². The number of hydrogen-bond donors (Lipinski definition) is 2. The normalized spacial score (nSPS) is 50.7. The molecule has 0 radical (unpaired) electrons. The second-order valence-electron chi connectivity index (χ2n) is 1.80. The molecule has 0 aromatic carbocycles. The summed E-state index contributed by atoms with van der Waals surface area (Å²) in [6.07, 6.45) is -0.454. The van der Waals surface area contributed by atoms with Crippen molar-refractivity contribution in [2.75, 3.05) is 11.5 Å². The van der Waals surface area contributed by atoms with Gasteiger partial charge in [-0.1, -0.05) is 0 Å². The molecule has 0 unspecified atom stereocenters. The molecule has 3 nitrogen and oxygen atoms in total. The third-order valence-electron chi connectivity index (χ3n) is 0.923. The summed E-state index contributed by atoms with van der Waals surface area (Å²) in [6, 6.07) is 0. The van der Waals surface area contributed by atoms with Crippen molar-refractivity contribution in [3.63, 3.8) is 0 Å². The summed E-state index contributed by atoms with van der Waals surface area (Å²) in [5.74, 6) is 0.375. The molecule has 0 bridgehead atoms. The smallest absolute Gasteiger partial charge is 0.0787 e. The van der Waals surface area contributed by atoms with Crippen LogP contribution in [0.25, 0.3) is 0 Å². The lowest BCUT2D eigenvalue weighted by atomic mass is 10.5. The highest BCUT2D eigenvalue weighted by Gasteiger charge is 2.27. The molecule has 1 rings (SSSR count). The third kappa shape index (κ3) is 0.920. The Balaban J connectivity index is 2.61. The Bertz CT molecular complexity index is 148. The zero-order chi connectivity index (χ0) is 5.49. The number of aliphatic hydroxyl groups excluding tert-OH is 1. The molecular formula is C3H7NO2S. The van der Waals surface area contributed by atoms with Gasteiger partial charge in [-0.25, -0.2) is 4.21 Å². The Morgan fingerprint density at radius 3 is 2.14 bits per heavy atom. The van der Waals surface area contributed by atoms with Gasteiger partial charge >= 0.3 is 0 Å². The van der Waals surface area contributed by atoms with Crippen LogP contribution in [0.3, 0.4) is 0 Å². The number of aliphatic hydroxyl groups is 1. The predicted molar refractivity (Wildman–Crippen MR) is 26.6 cm³/mol. The Kier molecular flexibility index (Phi) is 0.864. The van der Waals surface area contributed by atoms with E-state index in [4.69, 9.17) is 9.89 Å². The molecule has 1 heterocycles. The van der Waals surface area contributed by atoms with Crippen molar-refractivity contribution in [1.82, 2.24) is 0 Å². The summed E-state index contributed by atoms with van der Waals surface area (Å²) in [5, 5.41) is 8.48. The topological polar surface area (TPSA) is 61.2 Å². The average molecular weight is 121 g/mol. The van der Waals surface area contributed by atoms with Gasteiger partial charge in [-0.3, -0.25) is 4.78 Å². The minimum atomic E-state index is -2.28. The highest BCUT2D eigenvalue weighted by molar-refractivity contribution is 7.93. The van der Waals surface area contributed by atoms with Crippen molar-refractivity contribution in [3.8, 4) is 0 Å². The van der Waals surface area contributed by atoms with E-state index in [0.717, 1.165) is 0 Å². The Morgan fingerprint density at radius 2 is 2.14 bits per heavy atom. The minimum absolute atomic E-state index is 0.188. The van der Waals surface area contributed by atoms with Gasteiger partial charge < -0.3 is 5.11 Å². The van der Waals surface area contributed by atoms with E-state index in [-0.39, 0.29) is 11.5 Å². The van der Waals surface area contributed by atoms with Crippen molar-refractivity contribution >= 4 is 9.73 Å². The summed E-state index contributed by atoms with van der Waals surface area (Å²) in [7, 11) is -2.28. The van der Waals surface area contributed by atoms with Crippen LogP contribution in [0.2, 0.25) is 0 Å². The van der Waals surface area contributed by atoms with Gasteiger partial charge in [-0.05, 0) is 0 Å². The molecule has 0 aromatic heterocycles. The molecule has 0 aromatic rings. The summed E-state index contributed by atoms with van der Waals surface area (Å²) < 4.78 is 17.1. The van der Waals surface area contributed by atoms with E-state index in [1.54, 1.807) is 0 Å². The Hall–Kier alpha value is -0.0900. The predicted octanol–water partition coefficient (Wildman–Crippen LogP) is -0.592. The van der Waals surface area contributed by atoms with Crippen LogP contribution in [-0.4, -0.2) is 26.9 Å². The molecule has 0 saturated carbocycles. The number of rotatable bonds is 0. The molecule has 0 aliphatic carbocycles. The fourth-order valence-electron chi connectivity index (χ4n) is 0.573. The highest BCUT2D eigenvalue weighted by atomic mass is 32.2. The molecule has 1 fully saturated rings. The molecule has 0 amide bonds. The van der Waals surface area contributed by atoms with Crippen molar-refractivity contribution in [3.05, 3.63) is 0 Å². The monoisotopic (exact) mass is 121 g/mol. The zero-order valence-corrected chi connectivity index (χ0v) is 4.57. The van der Waals surface area contributed by atoms with E-state index in [1.165, 1.54) is 0 Å². The first-order valence-corrected chi connectivity index (χ1v) is 3.92. The molecule has 2 N–H and O–H groups in total. The first-order chi connectivity index (χ1) is 3.10. The maximum atomic E-state index is 10.4. The van der Waals surface area contributed by atoms with E-state index < -0.39 is 15.8 Å². The zero-order valence-electron chi connectivity index (χ0n) is 3.76. The summed E-state index contributed by atoms with van der Waals surface area (Å²) in [6.45, 7) is 0. The molecule has 1 saturated heterocycles. The van der Waals surface area contributed by atoms with Gasteiger partial charge in [0.15, 0.2) is 0 Å². The fraction of sp³-hybridized carbons (Fsp3) is 1.00. The largest absolute Gasteiger partial charge is 0.391 e. The lowest BCUT2D eigenvalue weighted by molar-refractivity contribution is 0.207. The molecule has 7 heavy (non-hydrogen) atoms. The van der Waals surface area contributed by atoms with E-state index in [0.29, 0.717) is 0 Å². The standard InChI is InChI=1S/C3H7NO2S/c4-7(6)1-3(5)2-7/h3-5H,1-2H2. The third-order valence-corrected chi connectivity index (χ3v) is 2.77. The van der Waals surface area contributed by atoms with Crippen LogP contribution in [0.1, 0.15) is 0 Å². The SMILES string of the molecule is N=S1(=O)CC(O)C1. The second-order valence-corrected chi connectivity index (χ2v) is 4.09. The van der Waals surface area contributed by atoms with Gasteiger partial charge in [0.05, 0.1) is 17.6 Å². The fourth-order valence-corrected chi connectivity index (χ4v) is 1.72. The number of hydrogen-bond acceptors (Lipinski definition) is 3. The molecular weight excluding hydrogens is 114 g/mol. The highest BCUT2D eigenvalue weighted by Crippen LogP contribution is 2.09. The average Bonchev–Trinajstić information content (AvgIpc) is 1.27. The molecule has 4 heteroatoms. The van der Waals surface area contributed by atoms with E-state index in [9.17, 15) is 4.21 Å². The van der Waals surface area contributed by atoms with Crippen molar-refractivity contribution < 1.29 is 9.32 Å². The molecule has 0 spiro atoms. The van der Waals surface area contributed by atoms with Crippen molar-refractivity contribution in [2.24, 2.45) is 0 Å². The lowest BCUT2D eigenvalue weighted by Crippen LogP contribution is -2.39. The van der Waals surface area contributed by atoms with Crippen LogP contribution in [0.4, 0.5) is 0 Å². The minimum Gasteiger partial charge on any atom is -0.391 e. The maximum Gasteiger partial charge on any atom is 0.0787 e. The number of nitrogens with one attached hydrogen (secondary N) is 1. The molecule has 1 aliphatic heterocycles. The van der Waals surface area contributed by atoms with Gasteiger partial charge in [0.2, 0.25) is 0 Å². The van der Waals surface area contributed by atoms with Crippen molar-refractivity contribution in [1.29, 1.82) is 4.78 Å². The van der Waals surface area contributed by atoms with E-state index >= 15 is 0 Å². The van der Waals surface area contributed by atoms with Gasteiger partial charge in [0.1, 0.15) is 0 Å².